The highest BCUT2D eigenvalue weighted by atomic mass is 16.5. The molecule has 1 aliphatic heterocycles. The predicted molar refractivity (Wildman–Crippen MR) is 142 cm³/mol. The molecule has 2 aromatic heterocycles. The van der Waals surface area contributed by atoms with Crippen LogP contribution >= 0.6 is 0 Å². The first-order valence-electron chi connectivity index (χ1n) is 12.5. The van der Waals surface area contributed by atoms with Crippen molar-refractivity contribution in [3.05, 3.63) is 77.9 Å². The van der Waals surface area contributed by atoms with E-state index in [-0.39, 0.29) is 0 Å². The zero-order valence-electron chi connectivity index (χ0n) is 20.9. The summed E-state index contributed by atoms with van der Waals surface area (Å²) in [7, 11) is 1.61. The zero-order chi connectivity index (χ0) is 25.5. The maximum atomic E-state index is 9.77. The van der Waals surface area contributed by atoms with Gasteiger partial charge in [-0.15, -0.1) is 0 Å². The van der Waals surface area contributed by atoms with Crippen LogP contribution in [0.4, 0.5) is 11.4 Å². The smallest absolute Gasteiger partial charge is 0.187 e. The topological polar surface area (TPSA) is 92.8 Å². The van der Waals surface area contributed by atoms with Gasteiger partial charge in [0.2, 0.25) is 0 Å². The number of ether oxygens (including phenoxy) is 3. The minimum Gasteiger partial charge on any atom is -0.491 e. The van der Waals surface area contributed by atoms with Gasteiger partial charge in [-0.05, 0) is 48.4 Å². The molecule has 0 amide bonds. The van der Waals surface area contributed by atoms with Crippen molar-refractivity contribution in [3.63, 3.8) is 0 Å². The van der Waals surface area contributed by atoms with Gasteiger partial charge in [-0.1, -0.05) is 12.1 Å². The number of morpholine rings is 1. The van der Waals surface area contributed by atoms with Crippen LogP contribution in [0.15, 0.2) is 65.4 Å². The number of fused-ring (bicyclic) bond motifs is 1. The number of hydrogen-bond donors (Lipinski definition) is 1. The van der Waals surface area contributed by atoms with Crippen LogP contribution in [0.1, 0.15) is 23.3 Å². The number of aromatic nitrogens is 1. The molecule has 0 atom stereocenters. The third-order valence-corrected chi connectivity index (χ3v) is 6.44. The predicted octanol–water partition coefficient (Wildman–Crippen LogP) is 5.14. The molecule has 0 spiro atoms. The molecule has 4 aromatic rings. The second-order valence-electron chi connectivity index (χ2n) is 8.89. The molecule has 0 bridgehead atoms. The van der Waals surface area contributed by atoms with Crippen molar-refractivity contribution in [2.45, 2.75) is 12.8 Å². The van der Waals surface area contributed by atoms with Gasteiger partial charge in [-0.25, -0.2) is 0 Å². The van der Waals surface area contributed by atoms with Gasteiger partial charge in [0.1, 0.15) is 17.3 Å². The number of anilines is 2. The summed E-state index contributed by atoms with van der Waals surface area (Å²) in [5.74, 6) is 2.12. The van der Waals surface area contributed by atoms with E-state index in [1.54, 1.807) is 19.6 Å². The lowest BCUT2D eigenvalue weighted by atomic mass is 10.1. The fourth-order valence-electron chi connectivity index (χ4n) is 4.51. The SMILES string of the molecule is COc1c(OCCCN2CCOCC2)ccc2c(Nc3ccc(Cc4ccco4)cc3)c(C#N)cnc12. The van der Waals surface area contributed by atoms with Crippen LogP contribution in [0, 0.1) is 11.3 Å². The monoisotopic (exact) mass is 498 g/mol. The Kier molecular flexibility index (Phi) is 7.84. The zero-order valence-corrected chi connectivity index (χ0v) is 20.9. The molecule has 0 radical (unpaired) electrons. The van der Waals surface area contributed by atoms with Crippen molar-refractivity contribution < 1.29 is 18.6 Å². The number of nitrogens with zero attached hydrogens (tertiary/aromatic N) is 3. The van der Waals surface area contributed by atoms with Gasteiger partial charge in [0.05, 0.1) is 44.4 Å². The van der Waals surface area contributed by atoms with Gasteiger partial charge < -0.3 is 23.9 Å². The second-order valence-corrected chi connectivity index (χ2v) is 8.89. The molecule has 0 saturated carbocycles. The summed E-state index contributed by atoms with van der Waals surface area (Å²) in [5.41, 5.74) is 3.79. The number of methoxy groups -OCH3 is 1. The van der Waals surface area contributed by atoms with Gasteiger partial charge in [-0.3, -0.25) is 9.88 Å². The molecule has 1 N–H and O–H groups in total. The highest BCUT2D eigenvalue weighted by Gasteiger charge is 2.17. The number of nitriles is 1. The van der Waals surface area contributed by atoms with Crippen molar-refractivity contribution in [2.75, 3.05) is 51.9 Å². The van der Waals surface area contributed by atoms with Gasteiger partial charge in [-0.2, -0.15) is 5.26 Å². The number of hydrogen-bond acceptors (Lipinski definition) is 8. The van der Waals surface area contributed by atoms with E-state index < -0.39 is 0 Å². The van der Waals surface area contributed by atoms with E-state index >= 15 is 0 Å². The lowest BCUT2D eigenvalue weighted by molar-refractivity contribution is 0.0357. The Balaban J connectivity index is 1.33. The van der Waals surface area contributed by atoms with E-state index in [1.807, 2.05) is 48.5 Å². The number of nitrogens with one attached hydrogen (secondary N) is 1. The summed E-state index contributed by atoms with van der Waals surface area (Å²) in [5, 5.41) is 14.0. The Bertz CT molecular complexity index is 1360. The van der Waals surface area contributed by atoms with Crippen molar-refractivity contribution in [1.82, 2.24) is 9.88 Å². The van der Waals surface area contributed by atoms with Crippen molar-refractivity contribution >= 4 is 22.3 Å². The fraction of sp³-hybridized carbons (Fsp3) is 0.310. The quantitative estimate of drug-likeness (QED) is 0.300. The minimum atomic E-state index is 0.452. The van der Waals surface area contributed by atoms with Crippen molar-refractivity contribution in [2.24, 2.45) is 0 Å². The molecule has 0 aliphatic carbocycles. The highest BCUT2D eigenvalue weighted by Crippen LogP contribution is 2.39. The normalized spacial score (nSPS) is 13.8. The lowest BCUT2D eigenvalue weighted by Gasteiger charge is -2.26. The molecule has 8 nitrogen and oxygen atoms in total. The average Bonchev–Trinajstić information content (AvgIpc) is 3.45. The molecular weight excluding hydrogens is 468 g/mol. The fourth-order valence-corrected chi connectivity index (χ4v) is 4.51. The Labute approximate surface area is 216 Å². The Morgan fingerprint density at radius 1 is 1.11 bits per heavy atom. The van der Waals surface area contributed by atoms with Gasteiger partial charge >= 0.3 is 0 Å². The van der Waals surface area contributed by atoms with E-state index in [2.05, 4.69) is 21.3 Å². The largest absolute Gasteiger partial charge is 0.491 e. The first-order valence-corrected chi connectivity index (χ1v) is 12.5. The summed E-state index contributed by atoms with van der Waals surface area (Å²) >= 11 is 0. The van der Waals surface area contributed by atoms with E-state index in [0.29, 0.717) is 34.9 Å². The summed E-state index contributed by atoms with van der Waals surface area (Å²) < 4.78 is 22.7. The summed E-state index contributed by atoms with van der Waals surface area (Å²) in [6, 6.07) is 18.0. The van der Waals surface area contributed by atoms with Crippen LogP contribution in [0.25, 0.3) is 10.9 Å². The van der Waals surface area contributed by atoms with Gasteiger partial charge in [0, 0.05) is 43.3 Å². The summed E-state index contributed by atoms with van der Waals surface area (Å²) in [4.78, 5) is 6.93. The number of rotatable bonds is 10. The summed E-state index contributed by atoms with van der Waals surface area (Å²) in [6.45, 7) is 5.06. The third-order valence-electron chi connectivity index (χ3n) is 6.44. The highest BCUT2D eigenvalue weighted by molar-refractivity contribution is 5.99. The average molecular weight is 499 g/mol. The van der Waals surface area contributed by atoms with Crippen molar-refractivity contribution in [1.29, 1.82) is 5.26 Å². The minimum absolute atomic E-state index is 0.452. The van der Waals surface area contributed by atoms with Gasteiger partial charge in [0.25, 0.3) is 0 Å². The first-order chi connectivity index (χ1) is 18.2. The molecule has 1 saturated heterocycles. The maximum Gasteiger partial charge on any atom is 0.187 e. The number of furan rings is 1. The van der Waals surface area contributed by atoms with Crippen LogP contribution in [-0.2, 0) is 11.2 Å². The Morgan fingerprint density at radius 3 is 2.68 bits per heavy atom. The molecule has 3 heterocycles. The molecule has 8 heteroatoms. The van der Waals surface area contributed by atoms with E-state index in [0.717, 1.165) is 68.1 Å². The van der Waals surface area contributed by atoms with E-state index in [1.165, 1.54) is 0 Å². The van der Waals surface area contributed by atoms with E-state index in [9.17, 15) is 5.26 Å². The number of benzene rings is 2. The molecular formula is C29H30N4O4. The molecule has 0 unspecified atom stereocenters. The van der Waals surface area contributed by atoms with Gasteiger partial charge in [0.15, 0.2) is 11.5 Å². The second kappa shape index (κ2) is 11.8. The molecule has 5 rings (SSSR count). The van der Waals surface area contributed by atoms with Crippen molar-refractivity contribution in [3.8, 4) is 17.6 Å². The van der Waals surface area contributed by atoms with Crippen LogP contribution < -0.4 is 14.8 Å². The molecule has 1 fully saturated rings. The molecule has 2 aromatic carbocycles. The Morgan fingerprint density at radius 2 is 1.95 bits per heavy atom. The summed E-state index contributed by atoms with van der Waals surface area (Å²) in [6.07, 6.45) is 4.88. The van der Waals surface area contributed by atoms with Crippen LogP contribution in [0.2, 0.25) is 0 Å². The van der Waals surface area contributed by atoms with Crippen LogP contribution in [0.5, 0.6) is 11.5 Å². The first kappa shape index (κ1) is 24.6. The van der Waals surface area contributed by atoms with Crippen LogP contribution in [0.3, 0.4) is 0 Å². The molecule has 37 heavy (non-hydrogen) atoms. The molecule has 1 aliphatic rings. The van der Waals surface area contributed by atoms with Crippen LogP contribution in [-0.4, -0.2) is 56.4 Å². The third kappa shape index (κ3) is 5.85. The standard InChI is InChI=1S/C29H30N4O4/c1-34-29-26(37-15-3-11-33-12-16-35-17-13-33)10-9-25-27(22(19-30)20-31-28(25)29)32-23-7-5-21(6-8-23)18-24-4-2-14-36-24/h2,4-10,14,20H,3,11-13,15-18H2,1H3,(H,31,32). The lowest BCUT2D eigenvalue weighted by Crippen LogP contribution is -2.37. The molecule has 190 valence electrons. The van der Waals surface area contributed by atoms with E-state index in [4.69, 9.17) is 18.6 Å². The maximum absolute atomic E-state index is 9.77. The Hall–Kier alpha value is -4.06. The number of pyridine rings is 1.